The van der Waals surface area contributed by atoms with Crippen LogP contribution in [0, 0.1) is 0 Å². The molecule has 0 heterocycles. The normalized spacial score (nSPS) is 11.1. The van der Waals surface area contributed by atoms with E-state index in [0.29, 0.717) is 5.02 Å². The van der Waals surface area contributed by atoms with Gasteiger partial charge in [-0.05, 0) is 55.5 Å². The van der Waals surface area contributed by atoms with Gasteiger partial charge in [-0.15, -0.1) is 11.8 Å². The number of thioether (sulfide) groups is 1. The number of halogens is 1. The minimum absolute atomic E-state index is 0.134. The van der Waals surface area contributed by atoms with Crippen molar-refractivity contribution in [3.8, 4) is 0 Å². The van der Waals surface area contributed by atoms with Crippen molar-refractivity contribution in [2.45, 2.75) is 31.2 Å². The van der Waals surface area contributed by atoms with E-state index in [4.69, 9.17) is 11.6 Å². The van der Waals surface area contributed by atoms with Gasteiger partial charge in [0.2, 0.25) is 5.91 Å². The highest BCUT2D eigenvalue weighted by atomic mass is 35.5. The zero-order valence-corrected chi connectivity index (χ0v) is 19.9. The van der Waals surface area contributed by atoms with Gasteiger partial charge in [-0.1, -0.05) is 66.2 Å². The molecule has 166 valence electrons. The van der Waals surface area contributed by atoms with Crippen molar-refractivity contribution >= 4 is 51.6 Å². The lowest BCUT2D eigenvalue weighted by atomic mass is 9.92. The van der Waals surface area contributed by atoms with E-state index in [0.717, 1.165) is 32.4 Å². The molecule has 0 atom stereocenters. The molecule has 0 fully saturated rings. The van der Waals surface area contributed by atoms with Crippen LogP contribution in [0.25, 0.3) is 16.3 Å². The molecule has 0 saturated heterocycles. The second-order valence-corrected chi connectivity index (χ2v) is 9.42. The van der Waals surface area contributed by atoms with Crippen molar-refractivity contribution in [3.63, 3.8) is 0 Å². The number of carbonyl (C=O) groups excluding carboxylic acids is 2. The number of hydrazine groups is 1. The van der Waals surface area contributed by atoms with Crippen LogP contribution in [0.2, 0.25) is 5.02 Å². The van der Waals surface area contributed by atoms with Gasteiger partial charge in [-0.3, -0.25) is 10.2 Å². The predicted octanol–water partition coefficient (Wildman–Crippen LogP) is 5.88. The summed E-state index contributed by atoms with van der Waals surface area (Å²) >= 11 is 7.70. The third-order valence-electron chi connectivity index (χ3n) is 4.99. The lowest BCUT2D eigenvalue weighted by Crippen LogP contribution is -2.52. The highest BCUT2D eigenvalue weighted by Crippen LogP contribution is 2.33. The summed E-state index contributed by atoms with van der Waals surface area (Å²) in [6.45, 7) is 9.69. The van der Waals surface area contributed by atoms with Crippen LogP contribution in [0.4, 0.5) is 4.79 Å². The second-order valence-electron chi connectivity index (χ2n) is 8.00. The van der Waals surface area contributed by atoms with Crippen molar-refractivity contribution in [1.82, 2.24) is 16.2 Å². The SMILES string of the molecule is C=C(C)c1cccc(C(C)(C)NC(=O)NNC(=O)CSc2cccc3cccc(Cl)c23)c1. The number of urea groups is 1. The Morgan fingerprint density at radius 3 is 2.44 bits per heavy atom. The van der Waals surface area contributed by atoms with Crippen LogP contribution >= 0.6 is 23.4 Å². The summed E-state index contributed by atoms with van der Waals surface area (Å²) in [7, 11) is 0. The van der Waals surface area contributed by atoms with Crippen LogP contribution in [0.1, 0.15) is 31.9 Å². The van der Waals surface area contributed by atoms with Gasteiger partial charge in [0, 0.05) is 15.3 Å². The van der Waals surface area contributed by atoms with Gasteiger partial charge in [0.15, 0.2) is 0 Å². The average molecular weight is 468 g/mol. The third-order valence-corrected chi connectivity index (χ3v) is 6.37. The third kappa shape index (κ3) is 5.84. The van der Waals surface area contributed by atoms with Gasteiger partial charge in [-0.2, -0.15) is 0 Å². The molecule has 0 aliphatic carbocycles. The standard InChI is InChI=1S/C25H26ClN3O2S/c1-16(2)18-10-5-11-19(14-18)25(3,4)27-24(31)29-28-22(30)15-32-21-13-7-9-17-8-6-12-20(26)23(17)21/h5-14H,1,15H2,2-4H3,(H,28,30)(H2,27,29,31). The molecule has 0 spiro atoms. The van der Waals surface area contributed by atoms with E-state index >= 15 is 0 Å². The van der Waals surface area contributed by atoms with E-state index in [9.17, 15) is 9.59 Å². The first-order chi connectivity index (χ1) is 15.2. The topological polar surface area (TPSA) is 70.2 Å². The molecule has 0 aliphatic heterocycles. The maximum absolute atomic E-state index is 12.4. The van der Waals surface area contributed by atoms with Crippen molar-refractivity contribution in [2.24, 2.45) is 0 Å². The number of allylic oxidation sites excluding steroid dienone is 1. The summed E-state index contributed by atoms with van der Waals surface area (Å²) in [5.41, 5.74) is 7.12. The predicted molar refractivity (Wildman–Crippen MR) is 134 cm³/mol. The Balaban J connectivity index is 1.55. The molecule has 0 saturated carbocycles. The smallest absolute Gasteiger partial charge is 0.328 e. The number of rotatable bonds is 6. The Morgan fingerprint density at radius 2 is 1.72 bits per heavy atom. The van der Waals surface area contributed by atoms with E-state index in [1.807, 2.05) is 81.4 Å². The molecule has 0 aromatic heterocycles. The van der Waals surface area contributed by atoms with Crippen LogP contribution in [0.5, 0.6) is 0 Å². The average Bonchev–Trinajstić information content (AvgIpc) is 2.76. The first kappa shape index (κ1) is 23.7. The molecule has 32 heavy (non-hydrogen) atoms. The first-order valence-corrected chi connectivity index (χ1v) is 11.5. The number of amides is 3. The summed E-state index contributed by atoms with van der Waals surface area (Å²) in [6.07, 6.45) is 0. The highest BCUT2D eigenvalue weighted by molar-refractivity contribution is 8.00. The molecule has 3 rings (SSSR count). The van der Waals surface area contributed by atoms with Crippen molar-refractivity contribution in [2.75, 3.05) is 5.75 Å². The van der Waals surface area contributed by atoms with Crippen LogP contribution in [-0.4, -0.2) is 17.7 Å². The van der Waals surface area contributed by atoms with E-state index < -0.39 is 11.6 Å². The van der Waals surface area contributed by atoms with E-state index in [1.165, 1.54) is 11.8 Å². The van der Waals surface area contributed by atoms with Crippen LogP contribution < -0.4 is 16.2 Å². The number of fused-ring (bicyclic) bond motifs is 1. The van der Waals surface area contributed by atoms with E-state index in [1.54, 1.807) is 0 Å². The fraction of sp³-hybridized carbons (Fsp3) is 0.200. The highest BCUT2D eigenvalue weighted by Gasteiger charge is 2.23. The van der Waals surface area contributed by atoms with Crippen molar-refractivity contribution in [3.05, 3.63) is 83.4 Å². The molecule has 0 aliphatic rings. The number of carbonyl (C=O) groups is 2. The fourth-order valence-corrected chi connectivity index (χ4v) is 4.49. The lowest BCUT2D eigenvalue weighted by molar-refractivity contribution is -0.119. The Kier molecular flexibility index (Phi) is 7.48. The molecule has 0 radical (unpaired) electrons. The summed E-state index contributed by atoms with van der Waals surface area (Å²) in [6, 6.07) is 18.9. The Hall–Kier alpha value is -2.96. The van der Waals surface area contributed by atoms with Crippen molar-refractivity contribution in [1.29, 1.82) is 0 Å². The van der Waals surface area contributed by atoms with Gasteiger partial charge in [-0.25, -0.2) is 10.2 Å². The summed E-state index contributed by atoms with van der Waals surface area (Å²) < 4.78 is 0. The van der Waals surface area contributed by atoms with Gasteiger partial charge >= 0.3 is 6.03 Å². The van der Waals surface area contributed by atoms with E-state index in [2.05, 4.69) is 22.7 Å². The minimum atomic E-state index is -0.644. The lowest BCUT2D eigenvalue weighted by Gasteiger charge is -2.27. The molecule has 7 heteroatoms. The summed E-state index contributed by atoms with van der Waals surface area (Å²) in [5, 5.41) is 5.45. The molecular weight excluding hydrogens is 442 g/mol. The molecule has 0 bridgehead atoms. The maximum atomic E-state index is 12.4. The van der Waals surface area contributed by atoms with E-state index in [-0.39, 0.29) is 11.7 Å². The Labute approximate surface area is 197 Å². The molecule has 0 unspecified atom stereocenters. The zero-order chi connectivity index (χ0) is 23.3. The van der Waals surface area contributed by atoms with Gasteiger partial charge in [0.25, 0.3) is 0 Å². The fourth-order valence-electron chi connectivity index (χ4n) is 3.25. The minimum Gasteiger partial charge on any atom is -0.328 e. The first-order valence-electron chi connectivity index (χ1n) is 10.1. The zero-order valence-electron chi connectivity index (χ0n) is 18.3. The molecule has 3 aromatic carbocycles. The van der Waals surface area contributed by atoms with Crippen molar-refractivity contribution < 1.29 is 9.59 Å². The second kappa shape index (κ2) is 10.1. The number of hydrogen-bond acceptors (Lipinski definition) is 3. The van der Waals surface area contributed by atoms with Crippen LogP contribution in [0.15, 0.2) is 72.1 Å². The molecule has 3 N–H and O–H groups in total. The maximum Gasteiger partial charge on any atom is 0.334 e. The Bertz CT molecular complexity index is 1170. The number of benzene rings is 3. The molecule has 3 aromatic rings. The molecular formula is C25H26ClN3O2S. The quantitative estimate of drug-likeness (QED) is 0.313. The van der Waals surface area contributed by atoms with Crippen LogP contribution in [-0.2, 0) is 10.3 Å². The summed E-state index contributed by atoms with van der Waals surface area (Å²) in [4.78, 5) is 25.6. The number of nitrogens with one attached hydrogen (secondary N) is 3. The van der Waals surface area contributed by atoms with Gasteiger partial charge in [0.1, 0.15) is 0 Å². The van der Waals surface area contributed by atoms with Gasteiger partial charge in [0.05, 0.1) is 11.3 Å². The largest absolute Gasteiger partial charge is 0.334 e. The Morgan fingerprint density at radius 1 is 1.03 bits per heavy atom. The van der Waals surface area contributed by atoms with Crippen LogP contribution in [0.3, 0.4) is 0 Å². The number of hydrogen-bond donors (Lipinski definition) is 3. The molecule has 5 nitrogen and oxygen atoms in total. The monoisotopic (exact) mass is 467 g/mol. The molecule has 3 amide bonds. The summed E-state index contributed by atoms with van der Waals surface area (Å²) in [5.74, 6) is -0.189. The van der Waals surface area contributed by atoms with Gasteiger partial charge < -0.3 is 5.32 Å².